The molecule has 0 saturated carbocycles. The molecule has 1 atom stereocenters. The Hall–Kier alpha value is -0.650. The quantitative estimate of drug-likeness (QED) is 0.827. The second-order valence-corrected chi connectivity index (χ2v) is 4.16. The molecule has 0 bridgehead atoms. The molecule has 0 fully saturated rings. The van der Waals surface area contributed by atoms with Crippen molar-refractivity contribution in [2.75, 3.05) is 6.61 Å². The molecule has 1 aromatic rings. The monoisotopic (exact) mass is 264 g/mol. The summed E-state index contributed by atoms with van der Waals surface area (Å²) in [5.41, 5.74) is 6.60. The molecule has 0 aliphatic heterocycles. The average molecular weight is 265 g/mol. The lowest BCUT2D eigenvalue weighted by Gasteiger charge is -1.99. The number of nitrogens with zero attached hydrogens (tertiary/aromatic N) is 1. The molecule has 4 nitrogen and oxygen atoms in total. The maximum atomic E-state index is 11.1. The Morgan fingerprint density at radius 2 is 2.38 bits per heavy atom. The predicted molar refractivity (Wildman–Crippen MR) is 66.9 cm³/mol. The number of halogens is 1. The minimum absolute atomic E-state index is 0. The van der Waals surface area contributed by atoms with Gasteiger partial charge in [0, 0.05) is 11.8 Å². The van der Waals surface area contributed by atoms with Crippen molar-refractivity contribution in [3.63, 3.8) is 0 Å². The number of thiazole rings is 1. The summed E-state index contributed by atoms with van der Waals surface area (Å²) in [6.07, 6.45) is 1.01. The van der Waals surface area contributed by atoms with Gasteiger partial charge in [0.05, 0.1) is 24.8 Å². The van der Waals surface area contributed by atoms with Gasteiger partial charge in [0.25, 0.3) is 0 Å². The highest BCUT2D eigenvalue weighted by Crippen LogP contribution is 2.16. The van der Waals surface area contributed by atoms with Crippen molar-refractivity contribution in [3.05, 3.63) is 16.1 Å². The molecular weight excluding hydrogens is 248 g/mol. The molecule has 1 unspecified atom stereocenters. The molecule has 0 saturated heterocycles. The van der Waals surface area contributed by atoms with Crippen LogP contribution in [0.4, 0.5) is 0 Å². The number of rotatable bonds is 5. The van der Waals surface area contributed by atoms with Crippen LogP contribution in [-0.2, 0) is 16.0 Å². The molecule has 0 aliphatic rings. The maximum absolute atomic E-state index is 11.1. The summed E-state index contributed by atoms with van der Waals surface area (Å²) in [6.45, 7) is 4.13. The van der Waals surface area contributed by atoms with Crippen LogP contribution in [0, 0.1) is 0 Å². The van der Waals surface area contributed by atoms with Crippen molar-refractivity contribution >= 4 is 29.7 Å². The Morgan fingerprint density at radius 1 is 1.69 bits per heavy atom. The van der Waals surface area contributed by atoms with E-state index in [-0.39, 0.29) is 24.4 Å². The first-order valence-corrected chi connectivity index (χ1v) is 5.87. The summed E-state index contributed by atoms with van der Waals surface area (Å²) in [5.74, 6) is -0.173. The van der Waals surface area contributed by atoms with Gasteiger partial charge in [-0.25, -0.2) is 4.98 Å². The Bertz CT molecular complexity index is 328. The lowest BCUT2D eigenvalue weighted by molar-refractivity contribution is -0.143. The van der Waals surface area contributed by atoms with Crippen molar-refractivity contribution in [2.24, 2.45) is 5.73 Å². The van der Waals surface area contributed by atoms with Gasteiger partial charge < -0.3 is 10.5 Å². The third-order valence-corrected chi connectivity index (χ3v) is 2.94. The van der Waals surface area contributed by atoms with Crippen molar-refractivity contribution in [1.82, 2.24) is 4.98 Å². The van der Waals surface area contributed by atoms with Gasteiger partial charge in [-0.05, 0) is 13.8 Å². The number of carbonyl (C=O) groups excluding carboxylic acids is 1. The average Bonchev–Trinajstić information content (AvgIpc) is 2.63. The molecule has 16 heavy (non-hydrogen) atoms. The van der Waals surface area contributed by atoms with E-state index in [0.29, 0.717) is 19.4 Å². The Kier molecular flexibility index (Phi) is 7.29. The molecule has 1 rings (SSSR count). The number of carbonyl (C=O) groups is 1. The Balaban J connectivity index is 0.00000225. The fraction of sp³-hybridized carbons (Fsp3) is 0.600. The van der Waals surface area contributed by atoms with E-state index in [4.69, 9.17) is 10.5 Å². The van der Waals surface area contributed by atoms with Crippen LogP contribution < -0.4 is 5.73 Å². The smallest absolute Gasteiger partial charge is 0.306 e. The van der Waals surface area contributed by atoms with E-state index < -0.39 is 0 Å². The molecular formula is C10H17ClN2O2S. The van der Waals surface area contributed by atoms with E-state index >= 15 is 0 Å². The first kappa shape index (κ1) is 15.3. The number of nitrogens with two attached hydrogens (primary N) is 1. The number of aromatic nitrogens is 1. The molecule has 0 amide bonds. The molecule has 0 spiro atoms. The minimum atomic E-state index is -0.173. The third kappa shape index (κ3) is 4.92. The molecule has 0 radical (unpaired) electrons. The first-order valence-electron chi connectivity index (χ1n) is 4.99. The number of aryl methyl sites for hydroxylation is 1. The van der Waals surface area contributed by atoms with Crippen molar-refractivity contribution in [3.8, 4) is 0 Å². The Labute approximate surface area is 106 Å². The predicted octanol–water partition coefficient (Wildman–Crippen LogP) is 2.08. The lowest BCUT2D eigenvalue weighted by Crippen LogP contribution is -2.06. The van der Waals surface area contributed by atoms with Crippen LogP contribution in [0.15, 0.2) is 5.38 Å². The van der Waals surface area contributed by atoms with Gasteiger partial charge in [-0.2, -0.15) is 0 Å². The summed E-state index contributed by atoms with van der Waals surface area (Å²) >= 11 is 1.53. The molecule has 92 valence electrons. The fourth-order valence-corrected chi connectivity index (χ4v) is 1.92. The van der Waals surface area contributed by atoms with E-state index in [0.717, 1.165) is 10.7 Å². The van der Waals surface area contributed by atoms with E-state index in [1.807, 2.05) is 12.3 Å². The van der Waals surface area contributed by atoms with Crippen LogP contribution >= 0.6 is 23.7 Å². The molecule has 0 aromatic carbocycles. The zero-order chi connectivity index (χ0) is 11.3. The van der Waals surface area contributed by atoms with E-state index in [2.05, 4.69) is 4.98 Å². The minimum Gasteiger partial charge on any atom is -0.466 e. The zero-order valence-corrected chi connectivity index (χ0v) is 11.1. The summed E-state index contributed by atoms with van der Waals surface area (Å²) in [7, 11) is 0. The lowest BCUT2D eigenvalue weighted by atomic mass is 10.2. The van der Waals surface area contributed by atoms with Crippen LogP contribution in [0.2, 0.25) is 0 Å². The van der Waals surface area contributed by atoms with Crippen molar-refractivity contribution in [2.45, 2.75) is 32.7 Å². The van der Waals surface area contributed by atoms with Crippen molar-refractivity contribution in [1.29, 1.82) is 0 Å². The molecule has 1 heterocycles. The van der Waals surface area contributed by atoms with Gasteiger partial charge in [-0.15, -0.1) is 23.7 Å². The highest BCUT2D eigenvalue weighted by Gasteiger charge is 2.08. The van der Waals surface area contributed by atoms with Crippen LogP contribution in [0.25, 0.3) is 0 Å². The number of hydrogen-bond donors (Lipinski definition) is 1. The SMILES string of the molecule is CCOC(=O)CCc1csc(C(C)N)n1.Cl. The fourth-order valence-electron chi connectivity index (χ4n) is 1.11. The second kappa shape index (κ2) is 7.60. The van der Waals surface area contributed by atoms with Crippen molar-refractivity contribution < 1.29 is 9.53 Å². The summed E-state index contributed by atoms with van der Waals surface area (Å²) in [6, 6.07) is -0.0358. The highest BCUT2D eigenvalue weighted by atomic mass is 35.5. The second-order valence-electron chi connectivity index (χ2n) is 3.27. The largest absolute Gasteiger partial charge is 0.466 e. The van der Waals surface area contributed by atoms with E-state index in [9.17, 15) is 4.79 Å². The van der Waals surface area contributed by atoms with Crippen LogP contribution in [-0.4, -0.2) is 17.6 Å². The standard InChI is InChI=1S/C10H16N2O2S.ClH/c1-3-14-9(13)5-4-8-6-15-10(12-8)7(2)11;/h6-7H,3-5,11H2,1-2H3;1H. The topological polar surface area (TPSA) is 65.2 Å². The summed E-state index contributed by atoms with van der Waals surface area (Å²) in [5, 5.41) is 2.85. The van der Waals surface area contributed by atoms with E-state index in [1.165, 1.54) is 11.3 Å². The van der Waals surface area contributed by atoms with Gasteiger partial charge in [-0.1, -0.05) is 0 Å². The molecule has 2 N–H and O–H groups in total. The normalized spacial score (nSPS) is 11.7. The number of hydrogen-bond acceptors (Lipinski definition) is 5. The zero-order valence-electron chi connectivity index (χ0n) is 9.43. The van der Waals surface area contributed by atoms with Gasteiger partial charge in [-0.3, -0.25) is 4.79 Å². The van der Waals surface area contributed by atoms with Gasteiger partial charge in [0.15, 0.2) is 0 Å². The highest BCUT2D eigenvalue weighted by molar-refractivity contribution is 7.09. The maximum Gasteiger partial charge on any atom is 0.306 e. The molecule has 6 heteroatoms. The van der Waals surface area contributed by atoms with E-state index in [1.54, 1.807) is 6.92 Å². The number of esters is 1. The molecule has 0 aliphatic carbocycles. The van der Waals surface area contributed by atoms with Gasteiger partial charge >= 0.3 is 5.97 Å². The molecule has 1 aromatic heterocycles. The van der Waals surface area contributed by atoms with Crippen LogP contribution in [0.1, 0.15) is 37.0 Å². The van der Waals surface area contributed by atoms with Gasteiger partial charge in [0.1, 0.15) is 5.01 Å². The number of ether oxygens (including phenoxy) is 1. The summed E-state index contributed by atoms with van der Waals surface area (Å²) < 4.78 is 4.83. The summed E-state index contributed by atoms with van der Waals surface area (Å²) in [4.78, 5) is 15.4. The third-order valence-electron chi connectivity index (χ3n) is 1.85. The Morgan fingerprint density at radius 3 is 2.88 bits per heavy atom. The van der Waals surface area contributed by atoms with Crippen LogP contribution in [0.5, 0.6) is 0 Å². The first-order chi connectivity index (χ1) is 7.13. The van der Waals surface area contributed by atoms with Gasteiger partial charge in [0.2, 0.25) is 0 Å². The van der Waals surface area contributed by atoms with Crippen LogP contribution in [0.3, 0.4) is 0 Å².